The molecule has 0 radical (unpaired) electrons. The van der Waals surface area contributed by atoms with Crippen LogP contribution >= 0.6 is 24.0 Å². The maximum Gasteiger partial charge on any atom is 0.191 e. The number of nitrogens with one attached hydrogen (secondary N) is 2. The maximum atomic E-state index is 11.4. The first-order valence-electron chi connectivity index (χ1n) is 7.43. The SMILES string of the molecule is CCNC(=NCCN1CCS(=O)(=O)CC1)NC(C)COC.I. The molecule has 132 valence electrons. The van der Waals surface area contributed by atoms with Crippen molar-refractivity contribution in [2.45, 2.75) is 19.9 Å². The summed E-state index contributed by atoms with van der Waals surface area (Å²) in [5.41, 5.74) is 0. The van der Waals surface area contributed by atoms with Crippen molar-refractivity contribution in [1.29, 1.82) is 0 Å². The number of aliphatic imine (C=N–C) groups is 1. The van der Waals surface area contributed by atoms with E-state index >= 15 is 0 Å². The molecule has 1 fully saturated rings. The minimum absolute atomic E-state index is 0. The summed E-state index contributed by atoms with van der Waals surface area (Å²) in [6.45, 7) is 8.13. The maximum absolute atomic E-state index is 11.4. The summed E-state index contributed by atoms with van der Waals surface area (Å²) in [6.07, 6.45) is 0. The third-order valence-corrected chi connectivity index (χ3v) is 4.88. The van der Waals surface area contributed by atoms with Crippen molar-refractivity contribution in [1.82, 2.24) is 15.5 Å². The molecule has 0 aromatic rings. The zero-order valence-electron chi connectivity index (χ0n) is 13.7. The predicted molar refractivity (Wildman–Crippen MR) is 101 cm³/mol. The van der Waals surface area contributed by atoms with E-state index in [1.165, 1.54) is 0 Å². The molecule has 22 heavy (non-hydrogen) atoms. The molecule has 0 amide bonds. The van der Waals surface area contributed by atoms with E-state index in [0.717, 1.165) is 19.0 Å². The Bertz CT molecular complexity index is 417. The van der Waals surface area contributed by atoms with Crippen molar-refractivity contribution in [3.05, 3.63) is 0 Å². The second-order valence-corrected chi connectivity index (χ2v) is 7.56. The van der Waals surface area contributed by atoms with Crippen LogP contribution in [0, 0.1) is 0 Å². The second-order valence-electron chi connectivity index (χ2n) is 5.25. The topological polar surface area (TPSA) is 83.0 Å². The highest BCUT2D eigenvalue weighted by Gasteiger charge is 2.20. The third-order valence-electron chi connectivity index (χ3n) is 3.27. The van der Waals surface area contributed by atoms with Gasteiger partial charge in [0.15, 0.2) is 15.8 Å². The molecule has 1 aliphatic heterocycles. The summed E-state index contributed by atoms with van der Waals surface area (Å²) < 4.78 is 27.8. The average molecular weight is 448 g/mol. The summed E-state index contributed by atoms with van der Waals surface area (Å²) >= 11 is 0. The Balaban J connectivity index is 0.00000441. The lowest BCUT2D eigenvalue weighted by atomic mass is 10.4. The molecule has 0 bridgehead atoms. The van der Waals surface area contributed by atoms with Crippen molar-refractivity contribution >= 4 is 39.8 Å². The first-order chi connectivity index (χ1) is 9.96. The van der Waals surface area contributed by atoms with E-state index in [9.17, 15) is 8.42 Å². The molecule has 1 aliphatic rings. The van der Waals surface area contributed by atoms with Gasteiger partial charge in [-0.25, -0.2) is 8.42 Å². The number of sulfone groups is 1. The molecule has 1 rings (SSSR count). The van der Waals surface area contributed by atoms with Gasteiger partial charge in [0.05, 0.1) is 24.7 Å². The Morgan fingerprint density at radius 1 is 1.36 bits per heavy atom. The van der Waals surface area contributed by atoms with E-state index < -0.39 is 9.84 Å². The van der Waals surface area contributed by atoms with Crippen LogP contribution in [0.1, 0.15) is 13.8 Å². The quantitative estimate of drug-likeness (QED) is 0.322. The lowest BCUT2D eigenvalue weighted by Gasteiger charge is -2.25. The molecular formula is C13H29IN4O3S. The lowest BCUT2D eigenvalue weighted by molar-refractivity contribution is 0.179. The lowest BCUT2D eigenvalue weighted by Crippen LogP contribution is -2.45. The number of rotatable bonds is 7. The fraction of sp³-hybridized carbons (Fsp3) is 0.923. The van der Waals surface area contributed by atoms with E-state index in [4.69, 9.17) is 4.74 Å². The largest absolute Gasteiger partial charge is 0.383 e. The van der Waals surface area contributed by atoms with Crippen molar-refractivity contribution in [3.8, 4) is 0 Å². The average Bonchev–Trinajstić information content (AvgIpc) is 2.41. The van der Waals surface area contributed by atoms with Crippen molar-refractivity contribution < 1.29 is 13.2 Å². The van der Waals surface area contributed by atoms with Gasteiger partial charge < -0.3 is 15.4 Å². The van der Waals surface area contributed by atoms with Crippen molar-refractivity contribution in [2.24, 2.45) is 4.99 Å². The summed E-state index contributed by atoms with van der Waals surface area (Å²) in [5.74, 6) is 1.30. The van der Waals surface area contributed by atoms with Gasteiger partial charge in [-0.3, -0.25) is 9.89 Å². The molecule has 1 heterocycles. The number of nitrogens with zero attached hydrogens (tertiary/aromatic N) is 2. The van der Waals surface area contributed by atoms with Crippen LogP contribution in [0.4, 0.5) is 0 Å². The molecule has 0 aliphatic carbocycles. The number of ether oxygens (including phenoxy) is 1. The molecule has 2 N–H and O–H groups in total. The molecule has 0 saturated carbocycles. The smallest absolute Gasteiger partial charge is 0.191 e. The minimum atomic E-state index is -2.80. The van der Waals surface area contributed by atoms with Crippen molar-refractivity contribution in [3.63, 3.8) is 0 Å². The van der Waals surface area contributed by atoms with Gasteiger partial charge >= 0.3 is 0 Å². The van der Waals surface area contributed by atoms with Gasteiger partial charge in [0, 0.05) is 39.3 Å². The first kappa shape index (κ1) is 21.9. The Hall–Kier alpha value is -0.130. The number of guanidine groups is 1. The number of halogens is 1. The Labute approximate surface area is 151 Å². The number of methoxy groups -OCH3 is 1. The van der Waals surface area contributed by atoms with Crippen LogP contribution in [0.15, 0.2) is 4.99 Å². The molecule has 1 saturated heterocycles. The fourth-order valence-electron chi connectivity index (χ4n) is 2.12. The Kier molecular flexibility index (Phi) is 11.3. The third kappa shape index (κ3) is 9.11. The van der Waals surface area contributed by atoms with Crippen molar-refractivity contribution in [2.75, 3.05) is 57.9 Å². The van der Waals surface area contributed by atoms with Crippen LogP contribution in [-0.4, -0.2) is 83.3 Å². The van der Waals surface area contributed by atoms with Crippen LogP contribution in [-0.2, 0) is 14.6 Å². The number of hydrogen-bond donors (Lipinski definition) is 2. The molecule has 9 heteroatoms. The van der Waals surface area contributed by atoms with Gasteiger partial charge in [0.1, 0.15) is 0 Å². The molecular weight excluding hydrogens is 419 g/mol. The van der Waals surface area contributed by atoms with Gasteiger partial charge in [-0.05, 0) is 13.8 Å². The highest BCUT2D eigenvalue weighted by atomic mass is 127. The highest BCUT2D eigenvalue weighted by Crippen LogP contribution is 2.02. The van der Waals surface area contributed by atoms with Gasteiger partial charge in [-0.1, -0.05) is 0 Å². The first-order valence-corrected chi connectivity index (χ1v) is 9.25. The van der Waals surface area contributed by atoms with Gasteiger partial charge in [0.2, 0.25) is 0 Å². The molecule has 1 unspecified atom stereocenters. The van der Waals surface area contributed by atoms with Gasteiger partial charge in [0.25, 0.3) is 0 Å². The van der Waals surface area contributed by atoms with Crippen LogP contribution in [0.2, 0.25) is 0 Å². The molecule has 7 nitrogen and oxygen atoms in total. The Morgan fingerprint density at radius 3 is 2.55 bits per heavy atom. The zero-order chi connectivity index (χ0) is 15.7. The van der Waals surface area contributed by atoms with Crippen LogP contribution in [0.25, 0.3) is 0 Å². The normalized spacial score (nSPS) is 20.0. The summed E-state index contributed by atoms with van der Waals surface area (Å²) in [5, 5.41) is 6.46. The Morgan fingerprint density at radius 2 is 2.00 bits per heavy atom. The standard InChI is InChI=1S/C13H28N4O3S.HI/c1-4-14-13(16-12(2)11-20-3)15-5-6-17-7-9-21(18,19)10-8-17;/h12H,4-11H2,1-3H3,(H2,14,15,16);1H. The molecule has 1 atom stereocenters. The van der Waals surface area contributed by atoms with E-state index in [-0.39, 0.29) is 41.5 Å². The zero-order valence-corrected chi connectivity index (χ0v) is 16.8. The van der Waals surface area contributed by atoms with Crippen LogP contribution in [0.5, 0.6) is 0 Å². The molecule has 0 aromatic heterocycles. The van der Waals surface area contributed by atoms with E-state index in [1.807, 2.05) is 13.8 Å². The highest BCUT2D eigenvalue weighted by molar-refractivity contribution is 14.0. The van der Waals surface area contributed by atoms with E-state index in [0.29, 0.717) is 26.2 Å². The minimum Gasteiger partial charge on any atom is -0.383 e. The summed E-state index contributed by atoms with van der Waals surface area (Å²) in [7, 11) is -1.13. The molecule has 0 spiro atoms. The summed E-state index contributed by atoms with van der Waals surface area (Å²) in [4.78, 5) is 6.66. The predicted octanol–water partition coefficient (Wildman–Crippen LogP) is -0.0752. The molecule has 0 aromatic carbocycles. The van der Waals surface area contributed by atoms with Crippen LogP contribution in [0.3, 0.4) is 0 Å². The van der Waals surface area contributed by atoms with E-state index in [2.05, 4.69) is 20.5 Å². The number of hydrogen-bond acceptors (Lipinski definition) is 5. The second kappa shape index (κ2) is 11.4. The summed E-state index contributed by atoms with van der Waals surface area (Å²) in [6, 6.07) is 0.188. The monoisotopic (exact) mass is 448 g/mol. The fourth-order valence-corrected chi connectivity index (χ4v) is 3.40. The van der Waals surface area contributed by atoms with Crippen LogP contribution < -0.4 is 10.6 Å². The van der Waals surface area contributed by atoms with Gasteiger partial charge in [-0.2, -0.15) is 0 Å². The van der Waals surface area contributed by atoms with E-state index in [1.54, 1.807) is 7.11 Å². The van der Waals surface area contributed by atoms with Gasteiger partial charge in [-0.15, -0.1) is 24.0 Å².